The lowest BCUT2D eigenvalue weighted by Gasteiger charge is -2.05. The van der Waals surface area contributed by atoms with E-state index in [1.54, 1.807) is 46.3 Å². The minimum Gasteiger partial charge on any atom is -0.394 e. The third-order valence-electron chi connectivity index (χ3n) is 3.79. The minimum atomic E-state index is -0.333. The fourth-order valence-corrected chi connectivity index (χ4v) is 2.55. The van der Waals surface area contributed by atoms with Gasteiger partial charge < -0.3 is 10.4 Å². The SMILES string of the molecule is OCCn1cc(Nc2ncc3cnn(Cc4[c]cccc4F)c3n2)cn1. The second-order valence-electron chi connectivity index (χ2n) is 5.61. The number of anilines is 2. The maximum absolute atomic E-state index is 13.9. The molecule has 0 bridgehead atoms. The monoisotopic (exact) mass is 352 g/mol. The Morgan fingerprint density at radius 3 is 3.00 bits per heavy atom. The normalized spacial score (nSPS) is 11.2. The summed E-state index contributed by atoms with van der Waals surface area (Å²) in [6.07, 6.45) is 6.65. The Labute approximate surface area is 147 Å². The molecule has 0 spiro atoms. The molecule has 2 N–H and O–H groups in total. The molecule has 0 aliphatic carbocycles. The topological polar surface area (TPSA) is 93.7 Å². The van der Waals surface area contributed by atoms with Crippen LogP contribution in [0.25, 0.3) is 11.0 Å². The van der Waals surface area contributed by atoms with Crippen molar-refractivity contribution in [1.82, 2.24) is 29.5 Å². The fraction of sp³-hybridized carbons (Fsp3) is 0.176. The van der Waals surface area contributed by atoms with Crippen molar-refractivity contribution in [1.29, 1.82) is 0 Å². The first-order valence-electron chi connectivity index (χ1n) is 7.97. The quantitative estimate of drug-likeness (QED) is 0.549. The van der Waals surface area contributed by atoms with Crippen LogP contribution in [0.1, 0.15) is 5.56 Å². The fourth-order valence-electron chi connectivity index (χ4n) is 2.55. The average Bonchev–Trinajstić information content (AvgIpc) is 3.24. The Morgan fingerprint density at radius 1 is 1.23 bits per heavy atom. The Bertz CT molecular complexity index is 1040. The van der Waals surface area contributed by atoms with Gasteiger partial charge in [0.15, 0.2) is 5.65 Å². The van der Waals surface area contributed by atoms with E-state index in [2.05, 4.69) is 31.5 Å². The summed E-state index contributed by atoms with van der Waals surface area (Å²) < 4.78 is 17.1. The Kier molecular flexibility index (Phi) is 4.28. The van der Waals surface area contributed by atoms with Crippen LogP contribution in [0, 0.1) is 11.9 Å². The molecule has 0 saturated carbocycles. The van der Waals surface area contributed by atoms with Gasteiger partial charge in [0.25, 0.3) is 0 Å². The van der Waals surface area contributed by atoms with Gasteiger partial charge in [-0.25, -0.2) is 14.1 Å². The summed E-state index contributed by atoms with van der Waals surface area (Å²) >= 11 is 0. The molecular weight excluding hydrogens is 337 g/mol. The lowest BCUT2D eigenvalue weighted by Crippen LogP contribution is -2.06. The number of hydrogen-bond acceptors (Lipinski definition) is 6. The molecule has 3 heterocycles. The zero-order valence-corrected chi connectivity index (χ0v) is 13.7. The molecule has 1 aromatic carbocycles. The number of nitrogens with zero attached hydrogens (tertiary/aromatic N) is 6. The number of aromatic nitrogens is 6. The van der Waals surface area contributed by atoms with Crippen molar-refractivity contribution in [3.63, 3.8) is 0 Å². The number of rotatable bonds is 6. The third-order valence-corrected chi connectivity index (χ3v) is 3.79. The molecule has 3 aromatic heterocycles. The van der Waals surface area contributed by atoms with Gasteiger partial charge in [-0.2, -0.15) is 15.2 Å². The van der Waals surface area contributed by atoms with Crippen LogP contribution in [-0.2, 0) is 13.1 Å². The van der Waals surface area contributed by atoms with Crippen molar-refractivity contribution >= 4 is 22.7 Å². The molecule has 0 aliphatic rings. The van der Waals surface area contributed by atoms with Crippen LogP contribution in [0.4, 0.5) is 16.0 Å². The van der Waals surface area contributed by atoms with E-state index in [1.165, 1.54) is 6.07 Å². The van der Waals surface area contributed by atoms with Gasteiger partial charge >= 0.3 is 0 Å². The van der Waals surface area contributed by atoms with Crippen LogP contribution in [0.2, 0.25) is 0 Å². The number of aliphatic hydroxyl groups excluding tert-OH is 1. The van der Waals surface area contributed by atoms with Crippen LogP contribution in [0.5, 0.6) is 0 Å². The van der Waals surface area contributed by atoms with E-state index in [9.17, 15) is 4.39 Å². The van der Waals surface area contributed by atoms with Gasteiger partial charge in [-0.15, -0.1) is 0 Å². The molecule has 4 rings (SSSR count). The van der Waals surface area contributed by atoms with E-state index in [4.69, 9.17) is 5.11 Å². The van der Waals surface area contributed by atoms with Crippen molar-refractivity contribution in [2.75, 3.05) is 11.9 Å². The summed E-state index contributed by atoms with van der Waals surface area (Å²) in [7, 11) is 0. The summed E-state index contributed by atoms with van der Waals surface area (Å²) in [6.45, 7) is 0.643. The predicted molar refractivity (Wildman–Crippen MR) is 92.3 cm³/mol. The first kappa shape index (κ1) is 16.2. The lowest BCUT2D eigenvalue weighted by molar-refractivity contribution is 0.269. The summed E-state index contributed by atoms with van der Waals surface area (Å²) in [6, 6.07) is 7.54. The Morgan fingerprint density at radius 2 is 2.15 bits per heavy atom. The van der Waals surface area contributed by atoms with Gasteiger partial charge in [0.05, 0.1) is 43.2 Å². The van der Waals surface area contributed by atoms with E-state index < -0.39 is 0 Å². The standard InChI is InChI=1S/C17H15FN7O/c18-15-4-2-1-3-12(15)10-25-16-13(8-21-25)7-19-17(23-16)22-14-9-20-24(11-14)5-6-26/h1-2,4,7-9,11,26H,5-6,10H2,(H,19,22,23). The maximum atomic E-state index is 13.9. The highest BCUT2D eigenvalue weighted by Crippen LogP contribution is 2.17. The molecule has 9 heteroatoms. The van der Waals surface area contributed by atoms with E-state index in [1.807, 2.05) is 0 Å². The van der Waals surface area contributed by atoms with Gasteiger partial charge in [0.1, 0.15) is 5.82 Å². The zero-order valence-electron chi connectivity index (χ0n) is 13.7. The second-order valence-corrected chi connectivity index (χ2v) is 5.61. The van der Waals surface area contributed by atoms with Gasteiger partial charge in [-0.1, -0.05) is 12.1 Å². The molecule has 0 saturated heterocycles. The highest BCUT2D eigenvalue weighted by molar-refractivity contribution is 5.75. The molecule has 0 fully saturated rings. The number of aliphatic hydroxyl groups is 1. The second kappa shape index (κ2) is 6.89. The van der Waals surface area contributed by atoms with Gasteiger partial charge in [0, 0.05) is 18.0 Å². The van der Waals surface area contributed by atoms with E-state index in [0.717, 1.165) is 5.39 Å². The molecule has 8 nitrogen and oxygen atoms in total. The summed E-state index contributed by atoms with van der Waals surface area (Å²) in [5.41, 5.74) is 1.70. The summed E-state index contributed by atoms with van der Waals surface area (Å²) in [5.74, 6) is 0.0418. The summed E-state index contributed by atoms with van der Waals surface area (Å²) in [5, 5.41) is 21.1. The molecule has 1 radical (unpaired) electrons. The summed E-state index contributed by atoms with van der Waals surface area (Å²) in [4.78, 5) is 8.72. The van der Waals surface area contributed by atoms with Crippen LogP contribution in [-0.4, -0.2) is 41.2 Å². The number of benzene rings is 1. The van der Waals surface area contributed by atoms with Crippen molar-refractivity contribution in [2.24, 2.45) is 0 Å². The van der Waals surface area contributed by atoms with E-state index in [0.29, 0.717) is 29.4 Å². The zero-order chi connectivity index (χ0) is 17.9. The Hall–Kier alpha value is -3.33. The molecule has 131 valence electrons. The van der Waals surface area contributed by atoms with Crippen LogP contribution in [0.3, 0.4) is 0 Å². The minimum absolute atomic E-state index is 0.00975. The predicted octanol–water partition coefficient (Wildman–Crippen LogP) is 1.75. The van der Waals surface area contributed by atoms with Crippen LogP contribution < -0.4 is 5.32 Å². The Balaban J connectivity index is 1.60. The molecule has 0 unspecified atom stereocenters. The lowest BCUT2D eigenvalue weighted by atomic mass is 10.2. The highest BCUT2D eigenvalue weighted by Gasteiger charge is 2.10. The van der Waals surface area contributed by atoms with Crippen molar-refractivity contribution < 1.29 is 9.50 Å². The molecule has 0 amide bonds. The van der Waals surface area contributed by atoms with Gasteiger partial charge in [-0.3, -0.25) is 4.68 Å². The number of nitrogens with one attached hydrogen (secondary N) is 1. The van der Waals surface area contributed by atoms with Gasteiger partial charge in [-0.05, 0) is 12.1 Å². The molecule has 0 atom stereocenters. The molecule has 0 aliphatic heterocycles. The molecule has 26 heavy (non-hydrogen) atoms. The number of fused-ring (bicyclic) bond motifs is 1. The number of halogens is 1. The van der Waals surface area contributed by atoms with Crippen LogP contribution >= 0.6 is 0 Å². The first-order valence-corrected chi connectivity index (χ1v) is 7.97. The maximum Gasteiger partial charge on any atom is 0.229 e. The largest absolute Gasteiger partial charge is 0.394 e. The van der Waals surface area contributed by atoms with Crippen molar-refractivity contribution in [3.8, 4) is 0 Å². The van der Waals surface area contributed by atoms with Gasteiger partial charge in [0.2, 0.25) is 5.95 Å². The third kappa shape index (κ3) is 3.24. The highest BCUT2D eigenvalue weighted by atomic mass is 19.1. The van der Waals surface area contributed by atoms with Crippen molar-refractivity contribution in [3.05, 3.63) is 60.4 Å². The van der Waals surface area contributed by atoms with E-state index in [-0.39, 0.29) is 19.0 Å². The van der Waals surface area contributed by atoms with Crippen LogP contribution in [0.15, 0.2) is 43.0 Å². The average molecular weight is 352 g/mol. The first-order chi connectivity index (χ1) is 12.7. The smallest absolute Gasteiger partial charge is 0.229 e. The van der Waals surface area contributed by atoms with Crippen molar-refractivity contribution in [2.45, 2.75) is 13.1 Å². The van der Waals surface area contributed by atoms with E-state index >= 15 is 0 Å². The molecule has 4 aromatic rings. The number of hydrogen-bond donors (Lipinski definition) is 2. The molecular formula is C17H15FN7O.